The van der Waals surface area contributed by atoms with Crippen molar-refractivity contribution in [3.05, 3.63) is 65.0 Å². The van der Waals surface area contributed by atoms with Gasteiger partial charge in [0.2, 0.25) is 0 Å². The van der Waals surface area contributed by atoms with Crippen LogP contribution in [0.15, 0.2) is 42.5 Å². The van der Waals surface area contributed by atoms with Crippen molar-refractivity contribution in [1.29, 1.82) is 0 Å². The fourth-order valence-corrected chi connectivity index (χ4v) is 4.23. The first kappa shape index (κ1) is 24.4. The number of ether oxygens (including phenoxy) is 3. The Kier molecular flexibility index (Phi) is 7.14. The van der Waals surface area contributed by atoms with Crippen LogP contribution >= 0.6 is 0 Å². The van der Waals surface area contributed by atoms with Gasteiger partial charge in [0.1, 0.15) is 23.9 Å². The first-order valence-electron chi connectivity index (χ1n) is 11.2. The summed E-state index contributed by atoms with van der Waals surface area (Å²) in [5, 5.41) is 1.06. The van der Waals surface area contributed by atoms with Crippen LogP contribution < -0.4 is 14.4 Å². The van der Waals surface area contributed by atoms with Gasteiger partial charge in [-0.3, -0.25) is 9.59 Å². The first-order valence-corrected chi connectivity index (χ1v) is 11.2. The lowest BCUT2D eigenvalue weighted by Crippen LogP contribution is -2.24. The average Bonchev–Trinajstić information content (AvgIpc) is 3.15. The monoisotopic (exact) mass is 487 g/mol. The fraction of sp³-hybridized carbons (Fsp3) is 0.308. The molecule has 0 fully saturated rings. The molecule has 1 aliphatic rings. The number of rotatable bonds is 9. The van der Waals surface area contributed by atoms with Crippen LogP contribution in [0.1, 0.15) is 35.3 Å². The van der Waals surface area contributed by atoms with Crippen LogP contribution in [0.3, 0.4) is 0 Å². The van der Waals surface area contributed by atoms with E-state index >= 15 is 4.39 Å². The number of fused-ring (bicyclic) bond motifs is 2. The lowest BCUT2D eigenvalue weighted by Gasteiger charge is -2.17. The molecule has 0 radical (unpaired) electrons. The van der Waals surface area contributed by atoms with Crippen molar-refractivity contribution in [2.75, 3.05) is 24.7 Å². The van der Waals surface area contributed by atoms with E-state index in [0.717, 1.165) is 0 Å². The minimum Gasteiger partial charge on any atom is -0.492 e. The molecule has 6 nitrogen and oxygen atoms in total. The summed E-state index contributed by atoms with van der Waals surface area (Å²) in [6, 6.07) is 11.0. The van der Waals surface area contributed by atoms with Crippen LogP contribution in [0.4, 0.5) is 18.9 Å². The highest BCUT2D eigenvalue weighted by Crippen LogP contribution is 2.46. The van der Waals surface area contributed by atoms with Crippen LogP contribution in [0, 0.1) is 5.82 Å². The van der Waals surface area contributed by atoms with Crippen molar-refractivity contribution in [3.8, 4) is 11.5 Å². The topological polar surface area (TPSA) is 65.1 Å². The number of carbonyl (C=O) groups excluding carboxylic acids is 2. The van der Waals surface area contributed by atoms with Gasteiger partial charge in [0.25, 0.3) is 12.3 Å². The van der Waals surface area contributed by atoms with Crippen LogP contribution in [0.25, 0.3) is 10.8 Å². The molecule has 184 valence electrons. The second kappa shape index (κ2) is 10.2. The fourth-order valence-electron chi connectivity index (χ4n) is 4.23. The normalized spacial score (nSPS) is 12.9. The summed E-state index contributed by atoms with van der Waals surface area (Å²) < 4.78 is 57.3. The highest BCUT2D eigenvalue weighted by molar-refractivity contribution is 6.17. The SMILES string of the molecule is CCOC(=O)Cc1ccc(N2Cc3c(c(OCC)c4ccccc4c3OCC(F)F)C2=O)c(F)c1. The standard InChI is InChI=1S/C26H24F3NO5/c1-3-33-22(31)12-15-9-10-20(19(27)11-15)30-13-18-23(26(30)32)25(34-4-2)17-8-6-5-7-16(17)24(18)35-14-21(28)29/h5-11,21H,3-4,12-14H2,1-2H3. The lowest BCUT2D eigenvalue weighted by atomic mass is 9.99. The predicted octanol–water partition coefficient (Wildman–Crippen LogP) is 5.29. The van der Waals surface area contributed by atoms with Gasteiger partial charge in [-0.25, -0.2) is 13.2 Å². The smallest absolute Gasteiger partial charge is 0.310 e. The third-order valence-electron chi connectivity index (χ3n) is 5.59. The second-order valence-corrected chi connectivity index (χ2v) is 7.85. The molecule has 0 unspecified atom stereocenters. The molecular weight excluding hydrogens is 463 g/mol. The van der Waals surface area contributed by atoms with E-state index in [9.17, 15) is 18.4 Å². The van der Waals surface area contributed by atoms with Crippen molar-refractivity contribution in [3.63, 3.8) is 0 Å². The molecule has 3 aromatic rings. The summed E-state index contributed by atoms with van der Waals surface area (Å²) in [6.45, 7) is 2.98. The van der Waals surface area contributed by atoms with Gasteiger partial charge in [-0.15, -0.1) is 0 Å². The highest BCUT2D eigenvalue weighted by atomic mass is 19.3. The molecule has 9 heteroatoms. The van der Waals surface area contributed by atoms with Crippen molar-refractivity contribution < 1.29 is 37.0 Å². The van der Waals surface area contributed by atoms with Crippen LogP contribution in [-0.4, -0.2) is 38.1 Å². The zero-order valence-electron chi connectivity index (χ0n) is 19.3. The Labute approximate surface area is 200 Å². The van der Waals surface area contributed by atoms with Crippen LogP contribution in [0.5, 0.6) is 11.5 Å². The summed E-state index contributed by atoms with van der Waals surface area (Å²) >= 11 is 0. The summed E-state index contributed by atoms with van der Waals surface area (Å²) in [6.07, 6.45) is -2.82. The van der Waals surface area contributed by atoms with Crippen LogP contribution in [0.2, 0.25) is 0 Å². The zero-order chi connectivity index (χ0) is 25.1. The molecule has 0 aromatic heterocycles. The highest BCUT2D eigenvalue weighted by Gasteiger charge is 2.38. The molecular formula is C26H24F3NO5. The van der Waals surface area contributed by atoms with Crippen molar-refractivity contribution in [1.82, 2.24) is 0 Å². The van der Waals surface area contributed by atoms with Gasteiger partial charge in [-0.05, 0) is 31.5 Å². The van der Waals surface area contributed by atoms with E-state index in [0.29, 0.717) is 27.6 Å². The molecule has 0 spiro atoms. The number of hydrogen-bond donors (Lipinski definition) is 0. The number of amides is 1. The number of benzene rings is 3. The molecule has 1 aliphatic heterocycles. The largest absolute Gasteiger partial charge is 0.492 e. The summed E-state index contributed by atoms with van der Waals surface area (Å²) in [4.78, 5) is 26.5. The van der Waals surface area contributed by atoms with E-state index in [-0.39, 0.29) is 43.2 Å². The molecule has 1 amide bonds. The number of halogens is 3. The third-order valence-corrected chi connectivity index (χ3v) is 5.59. The lowest BCUT2D eigenvalue weighted by molar-refractivity contribution is -0.142. The molecule has 0 N–H and O–H groups in total. The summed E-state index contributed by atoms with van der Waals surface area (Å²) in [7, 11) is 0. The van der Waals surface area contributed by atoms with E-state index in [1.807, 2.05) is 0 Å². The number of alkyl halides is 2. The number of carbonyl (C=O) groups is 2. The third kappa shape index (κ3) is 4.76. The molecule has 3 aromatic carbocycles. The maximum Gasteiger partial charge on any atom is 0.310 e. The Morgan fingerprint density at radius 1 is 1.03 bits per heavy atom. The summed E-state index contributed by atoms with van der Waals surface area (Å²) in [5.74, 6) is -1.28. The molecule has 0 saturated heterocycles. The summed E-state index contributed by atoms with van der Waals surface area (Å²) in [5.41, 5.74) is 0.901. The Balaban J connectivity index is 1.78. The maximum absolute atomic E-state index is 15.1. The van der Waals surface area contributed by atoms with E-state index in [4.69, 9.17) is 14.2 Å². The number of anilines is 1. The van der Waals surface area contributed by atoms with Gasteiger partial charge in [0.05, 0.1) is 37.4 Å². The van der Waals surface area contributed by atoms with Gasteiger partial charge in [-0.2, -0.15) is 0 Å². The van der Waals surface area contributed by atoms with Crippen molar-refractivity contribution >= 4 is 28.3 Å². The quantitative estimate of drug-likeness (QED) is 0.384. The minimum absolute atomic E-state index is 0.00915. The molecule has 0 saturated carbocycles. The van der Waals surface area contributed by atoms with Gasteiger partial charge in [-0.1, -0.05) is 30.3 Å². The minimum atomic E-state index is -2.71. The predicted molar refractivity (Wildman–Crippen MR) is 124 cm³/mol. The maximum atomic E-state index is 15.1. The Morgan fingerprint density at radius 2 is 1.74 bits per heavy atom. The molecule has 1 heterocycles. The molecule has 4 rings (SSSR count). The average molecular weight is 487 g/mol. The van der Waals surface area contributed by atoms with Gasteiger partial charge >= 0.3 is 5.97 Å². The van der Waals surface area contributed by atoms with Crippen molar-refractivity contribution in [2.24, 2.45) is 0 Å². The van der Waals surface area contributed by atoms with E-state index in [1.54, 1.807) is 44.2 Å². The van der Waals surface area contributed by atoms with E-state index in [1.165, 1.54) is 17.0 Å². The number of esters is 1. The van der Waals surface area contributed by atoms with E-state index in [2.05, 4.69) is 0 Å². The van der Waals surface area contributed by atoms with Gasteiger partial charge < -0.3 is 19.1 Å². The number of nitrogens with zero attached hydrogens (tertiary/aromatic N) is 1. The Bertz CT molecular complexity index is 1280. The molecule has 0 aliphatic carbocycles. The van der Waals surface area contributed by atoms with Crippen molar-refractivity contribution in [2.45, 2.75) is 33.2 Å². The second-order valence-electron chi connectivity index (χ2n) is 7.85. The molecule has 0 atom stereocenters. The Morgan fingerprint density at radius 3 is 2.37 bits per heavy atom. The molecule has 35 heavy (non-hydrogen) atoms. The Hall–Kier alpha value is -3.75. The first-order chi connectivity index (χ1) is 16.8. The van der Waals surface area contributed by atoms with E-state index < -0.39 is 30.7 Å². The van der Waals surface area contributed by atoms with Crippen LogP contribution in [-0.2, 0) is 22.5 Å². The van der Waals surface area contributed by atoms with Gasteiger partial charge in [0, 0.05) is 16.3 Å². The van der Waals surface area contributed by atoms with Gasteiger partial charge in [0.15, 0.2) is 0 Å². The zero-order valence-corrected chi connectivity index (χ0v) is 19.3. The molecule has 0 bridgehead atoms. The number of hydrogen-bond acceptors (Lipinski definition) is 5.